The molecule has 3 aromatic rings. The number of fused-ring (bicyclic) bond motifs is 2. The summed E-state index contributed by atoms with van der Waals surface area (Å²) < 4.78 is 3.68. The predicted molar refractivity (Wildman–Crippen MR) is 144 cm³/mol. The fourth-order valence-electron chi connectivity index (χ4n) is 4.59. The van der Waals surface area contributed by atoms with Crippen LogP contribution in [0.2, 0.25) is 0 Å². The third-order valence-electron chi connectivity index (χ3n) is 7.01. The van der Waals surface area contributed by atoms with E-state index in [0.29, 0.717) is 0 Å². The SMILES string of the molecule is CCCCc1cc(C=C2Sc3ccccc3N2C)c2ccccc2[n+]1CCC[N+](C)(C)CC. The van der Waals surface area contributed by atoms with E-state index in [9.17, 15) is 0 Å². The van der Waals surface area contributed by atoms with Crippen LogP contribution in [0.3, 0.4) is 0 Å². The zero-order valence-corrected chi connectivity index (χ0v) is 21.8. The minimum atomic E-state index is 1.08. The van der Waals surface area contributed by atoms with Crippen molar-refractivity contribution in [2.45, 2.75) is 51.0 Å². The standard InChI is InChI=1S/C29H39N3S/c1-6-8-14-24-21-23(22-29-30(3)27-17-11-12-18-28(27)33-29)25-15-9-10-16-26(25)31(24)19-13-20-32(4,5)7-2/h9-12,15-18,21-22H,6-8,13-14,19-20H2,1-5H3/q+2. The quantitative estimate of drug-likeness (QED) is 0.265. The van der Waals surface area contributed by atoms with Crippen molar-refractivity contribution in [3.8, 4) is 0 Å². The molecule has 4 heteroatoms. The number of aryl methyl sites for hydroxylation is 2. The second-order valence-electron chi connectivity index (χ2n) is 9.80. The van der Waals surface area contributed by atoms with Crippen molar-refractivity contribution < 1.29 is 9.05 Å². The summed E-state index contributed by atoms with van der Waals surface area (Å²) in [6, 6.07) is 20.1. The fraction of sp³-hybridized carbons (Fsp3) is 0.414. The number of aromatic nitrogens is 1. The molecule has 1 aliphatic rings. The zero-order valence-electron chi connectivity index (χ0n) is 21.0. The van der Waals surface area contributed by atoms with Crippen molar-refractivity contribution >= 4 is 34.4 Å². The first-order chi connectivity index (χ1) is 15.9. The molecule has 0 spiro atoms. The molecule has 0 fully saturated rings. The number of benzene rings is 2. The summed E-state index contributed by atoms with van der Waals surface area (Å²) in [5, 5.41) is 2.64. The normalized spacial score (nSPS) is 14.9. The first-order valence-electron chi connectivity index (χ1n) is 12.4. The minimum Gasteiger partial charge on any atom is -0.338 e. The van der Waals surface area contributed by atoms with E-state index in [-0.39, 0.29) is 0 Å². The third kappa shape index (κ3) is 5.28. The second kappa shape index (κ2) is 10.3. The van der Waals surface area contributed by atoms with E-state index in [1.54, 1.807) is 0 Å². The maximum Gasteiger partial charge on any atom is 0.213 e. The van der Waals surface area contributed by atoms with Gasteiger partial charge in [-0.15, -0.1) is 0 Å². The van der Waals surface area contributed by atoms with Gasteiger partial charge in [-0.3, -0.25) is 0 Å². The Labute approximate surface area is 204 Å². The van der Waals surface area contributed by atoms with Crippen molar-refractivity contribution in [1.82, 2.24) is 0 Å². The van der Waals surface area contributed by atoms with Crippen LogP contribution in [0.15, 0.2) is 64.5 Å². The molecule has 33 heavy (non-hydrogen) atoms. The number of pyridine rings is 1. The number of rotatable bonds is 9. The summed E-state index contributed by atoms with van der Waals surface area (Å²) in [5.74, 6) is 0. The van der Waals surface area contributed by atoms with E-state index in [2.05, 4.69) is 105 Å². The Bertz CT molecular complexity index is 1150. The molecule has 0 N–H and O–H groups in total. The average Bonchev–Trinajstić information content (AvgIpc) is 3.14. The Hall–Kier alpha value is -2.30. The summed E-state index contributed by atoms with van der Waals surface area (Å²) in [6.45, 7) is 8.04. The largest absolute Gasteiger partial charge is 0.338 e. The lowest BCUT2D eigenvalue weighted by Gasteiger charge is -2.27. The first kappa shape index (κ1) is 23.8. The van der Waals surface area contributed by atoms with E-state index in [4.69, 9.17) is 0 Å². The van der Waals surface area contributed by atoms with Crippen molar-refractivity contribution in [1.29, 1.82) is 0 Å². The van der Waals surface area contributed by atoms with Crippen LogP contribution in [0.5, 0.6) is 0 Å². The van der Waals surface area contributed by atoms with Gasteiger partial charge in [-0.2, -0.15) is 4.57 Å². The molecule has 0 atom stereocenters. The van der Waals surface area contributed by atoms with Gasteiger partial charge in [0.05, 0.1) is 49.7 Å². The Balaban J connectivity index is 1.74. The fourth-order valence-corrected chi connectivity index (χ4v) is 5.69. The number of hydrogen-bond acceptors (Lipinski definition) is 2. The molecule has 0 saturated carbocycles. The highest BCUT2D eigenvalue weighted by Gasteiger charge is 2.24. The zero-order chi connectivity index (χ0) is 23.4. The van der Waals surface area contributed by atoms with Crippen LogP contribution in [0.25, 0.3) is 17.0 Å². The van der Waals surface area contributed by atoms with Gasteiger partial charge in [0.1, 0.15) is 0 Å². The number of thioether (sulfide) groups is 1. The van der Waals surface area contributed by atoms with Crippen molar-refractivity contribution in [3.63, 3.8) is 0 Å². The molecular weight excluding hydrogens is 422 g/mol. The van der Waals surface area contributed by atoms with Crippen molar-refractivity contribution in [2.24, 2.45) is 0 Å². The Morgan fingerprint density at radius 1 is 1.00 bits per heavy atom. The number of para-hydroxylation sites is 2. The molecule has 4 rings (SSSR count). The highest BCUT2D eigenvalue weighted by molar-refractivity contribution is 8.03. The maximum absolute atomic E-state index is 2.60. The van der Waals surface area contributed by atoms with Gasteiger partial charge in [-0.25, -0.2) is 0 Å². The average molecular weight is 462 g/mol. The van der Waals surface area contributed by atoms with Crippen LogP contribution in [0.1, 0.15) is 44.4 Å². The van der Waals surface area contributed by atoms with Gasteiger partial charge in [0, 0.05) is 30.5 Å². The Morgan fingerprint density at radius 2 is 1.76 bits per heavy atom. The number of quaternary nitrogens is 1. The minimum absolute atomic E-state index is 1.08. The molecule has 0 bridgehead atoms. The molecule has 1 aromatic heterocycles. The van der Waals surface area contributed by atoms with E-state index in [0.717, 1.165) is 17.4 Å². The maximum atomic E-state index is 2.60. The predicted octanol–water partition coefficient (Wildman–Crippen LogP) is 6.50. The van der Waals surface area contributed by atoms with Crippen LogP contribution in [-0.4, -0.2) is 38.7 Å². The lowest BCUT2D eigenvalue weighted by molar-refractivity contribution is -0.890. The third-order valence-corrected chi connectivity index (χ3v) is 8.18. The molecule has 2 aromatic carbocycles. The molecule has 0 unspecified atom stereocenters. The van der Waals surface area contributed by atoms with E-state index in [1.807, 2.05) is 11.8 Å². The lowest BCUT2D eigenvalue weighted by atomic mass is 10.0. The number of hydrogen-bond donors (Lipinski definition) is 0. The van der Waals surface area contributed by atoms with Crippen LogP contribution in [-0.2, 0) is 13.0 Å². The van der Waals surface area contributed by atoms with Crippen LogP contribution >= 0.6 is 11.8 Å². The number of anilines is 1. The van der Waals surface area contributed by atoms with Gasteiger partial charge in [0.25, 0.3) is 0 Å². The smallest absolute Gasteiger partial charge is 0.213 e. The van der Waals surface area contributed by atoms with Gasteiger partial charge in [0.2, 0.25) is 5.52 Å². The summed E-state index contributed by atoms with van der Waals surface area (Å²) in [4.78, 5) is 3.66. The summed E-state index contributed by atoms with van der Waals surface area (Å²) >= 11 is 1.87. The summed E-state index contributed by atoms with van der Waals surface area (Å²) in [5.41, 5.74) is 5.46. The van der Waals surface area contributed by atoms with E-state index >= 15 is 0 Å². The highest BCUT2D eigenvalue weighted by Crippen LogP contribution is 2.45. The highest BCUT2D eigenvalue weighted by atomic mass is 32.2. The number of nitrogens with zero attached hydrogens (tertiary/aromatic N) is 3. The molecule has 1 aliphatic heterocycles. The van der Waals surface area contributed by atoms with Crippen LogP contribution in [0.4, 0.5) is 5.69 Å². The van der Waals surface area contributed by atoms with Crippen LogP contribution in [0, 0.1) is 0 Å². The molecule has 0 saturated heterocycles. The summed E-state index contributed by atoms with van der Waals surface area (Å²) in [6.07, 6.45) is 7.17. The number of unbranched alkanes of at least 4 members (excludes halogenated alkanes) is 1. The van der Waals surface area contributed by atoms with Crippen molar-refractivity contribution in [3.05, 3.63) is 70.9 Å². The lowest BCUT2D eigenvalue weighted by Crippen LogP contribution is -2.44. The monoisotopic (exact) mass is 461 g/mol. The Kier molecular flexibility index (Phi) is 7.45. The van der Waals surface area contributed by atoms with Gasteiger partial charge in [-0.1, -0.05) is 49.4 Å². The van der Waals surface area contributed by atoms with E-state index in [1.165, 1.54) is 70.1 Å². The molecule has 0 radical (unpaired) electrons. The molecular formula is C29H39N3S+2. The molecule has 174 valence electrons. The van der Waals surface area contributed by atoms with Gasteiger partial charge in [0.15, 0.2) is 12.2 Å². The Morgan fingerprint density at radius 3 is 2.52 bits per heavy atom. The van der Waals surface area contributed by atoms with Crippen molar-refractivity contribution in [2.75, 3.05) is 39.1 Å². The molecule has 0 aliphatic carbocycles. The topological polar surface area (TPSA) is 7.12 Å². The van der Waals surface area contributed by atoms with Gasteiger partial charge >= 0.3 is 0 Å². The second-order valence-corrected chi connectivity index (χ2v) is 10.9. The van der Waals surface area contributed by atoms with E-state index < -0.39 is 0 Å². The van der Waals surface area contributed by atoms with Crippen LogP contribution < -0.4 is 9.47 Å². The first-order valence-corrected chi connectivity index (χ1v) is 13.2. The van der Waals surface area contributed by atoms with Gasteiger partial charge < -0.3 is 9.38 Å². The van der Waals surface area contributed by atoms with Gasteiger partial charge in [-0.05, 0) is 43.2 Å². The summed E-state index contributed by atoms with van der Waals surface area (Å²) in [7, 11) is 6.86. The molecule has 2 heterocycles. The molecule has 3 nitrogen and oxygen atoms in total. The molecule has 0 amide bonds.